The summed E-state index contributed by atoms with van der Waals surface area (Å²) in [4.78, 5) is 11.7. The van der Waals surface area contributed by atoms with Crippen LogP contribution in [0.3, 0.4) is 0 Å². The molecule has 1 amide bonds. The Kier molecular flexibility index (Phi) is 6.10. The lowest BCUT2D eigenvalue weighted by Gasteiger charge is -2.10. The molecule has 116 valence electrons. The van der Waals surface area contributed by atoms with Crippen LogP contribution in [0.2, 0.25) is 5.02 Å². The van der Waals surface area contributed by atoms with Crippen molar-refractivity contribution in [2.24, 2.45) is 0 Å². The molecule has 0 saturated carbocycles. The van der Waals surface area contributed by atoms with Crippen LogP contribution in [0.25, 0.3) is 0 Å². The van der Waals surface area contributed by atoms with E-state index in [1.54, 1.807) is 24.3 Å². The van der Waals surface area contributed by atoms with Crippen molar-refractivity contribution >= 4 is 17.5 Å². The minimum Gasteiger partial charge on any atom is -0.492 e. The number of carbonyl (C=O) groups excluding carboxylic acids is 1. The third-order valence-corrected chi connectivity index (χ3v) is 3.21. The van der Waals surface area contributed by atoms with Crippen LogP contribution in [-0.4, -0.2) is 25.7 Å². The fourth-order valence-corrected chi connectivity index (χ4v) is 1.93. The minimum absolute atomic E-state index is 0.00814. The Labute approximate surface area is 135 Å². The van der Waals surface area contributed by atoms with Gasteiger partial charge in [0.1, 0.15) is 18.1 Å². The quantitative estimate of drug-likeness (QED) is 0.797. The Balaban J connectivity index is 1.64. The first-order chi connectivity index (χ1) is 10.6. The van der Waals surface area contributed by atoms with Gasteiger partial charge in [0.25, 0.3) is 5.91 Å². The van der Waals surface area contributed by atoms with E-state index >= 15 is 0 Å². The first-order valence-corrected chi connectivity index (χ1v) is 7.36. The van der Waals surface area contributed by atoms with Gasteiger partial charge < -0.3 is 14.8 Å². The van der Waals surface area contributed by atoms with Gasteiger partial charge in [-0.15, -0.1) is 0 Å². The average Bonchev–Trinajstić information content (AvgIpc) is 2.52. The summed E-state index contributed by atoms with van der Waals surface area (Å²) < 4.78 is 10.9. The molecule has 0 heterocycles. The normalized spacial score (nSPS) is 10.1. The second-order valence-electron chi connectivity index (χ2n) is 4.71. The third-order valence-electron chi connectivity index (χ3n) is 2.96. The first-order valence-electron chi connectivity index (χ1n) is 6.98. The lowest BCUT2D eigenvalue weighted by atomic mass is 10.2. The van der Waals surface area contributed by atoms with Gasteiger partial charge in [0, 0.05) is 5.02 Å². The number of amides is 1. The highest BCUT2D eigenvalue weighted by Gasteiger charge is 2.04. The van der Waals surface area contributed by atoms with Gasteiger partial charge in [-0.1, -0.05) is 29.8 Å². The van der Waals surface area contributed by atoms with E-state index in [9.17, 15) is 4.79 Å². The smallest absolute Gasteiger partial charge is 0.258 e. The topological polar surface area (TPSA) is 47.6 Å². The van der Waals surface area contributed by atoms with E-state index in [-0.39, 0.29) is 12.5 Å². The second kappa shape index (κ2) is 8.29. The standard InChI is InChI=1S/C17H18ClNO3/c1-13-4-2-3-5-16(13)22-12-17(20)19-10-11-21-15-8-6-14(18)7-9-15/h2-9H,10-12H2,1H3,(H,19,20). The van der Waals surface area contributed by atoms with E-state index in [0.717, 1.165) is 17.1 Å². The molecule has 0 aliphatic carbocycles. The van der Waals surface area contributed by atoms with E-state index in [4.69, 9.17) is 21.1 Å². The maximum atomic E-state index is 11.7. The number of para-hydroxylation sites is 1. The molecule has 0 aliphatic heterocycles. The zero-order valence-electron chi connectivity index (χ0n) is 12.3. The van der Waals surface area contributed by atoms with Gasteiger partial charge in [0.15, 0.2) is 6.61 Å². The Morgan fingerprint density at radius 2 is 1.82 bits per heavy atom. The Morgan fingerprint density at radius 1 is 1.09 bits per heavy atom. The summed E-state index contributed by atoms with van der Waals surface area (Å²) in [5, 5.41) is 3.40. The molecule has 0 aromatic heterocycles. The molecule has 0 aliphatic rings. The predicted molar refractivity (Wildman–Crippen MR) is 86.6 cm³/mol. The highest BCUT2D eigenvalue weighted by molar-refractivity contribution is 6.30. The van der Waals surface area contributed by atoms with Crippen molar-refractivity contribution in [3.8, 4) is 11.5 Å². The molecule has 22 heavy (non-hydrogen) atoms. The molecule has 5 heteroatoms. The monoisotopic (exact) mass is 319 g/mol. The van der Waals surface area contributed by atoms with E-state index in [0.29, 0.717) is 18.2 Å². The van der Waals surface area contributed by atoms with Crippen molar-refractivity contribution in [3.05, 3.63) is 59.1 Å². The SMILES string of the molecule is Cc1ccccc1OCC(=O)NCCOc1ccc(Cl)cc1. The van der Waals surface area contributed by atoms with E-state index in [2.05, 4.69) is 5.32 Å². The minimum atomic E-state index is -0.178. The van der Waals surface area contributed by atoms with Crippen LogP contribution < -0.4 is 14.8 Å². The molecular formula is C17H18ClNO3. The maximum absolute atomic E-state index is 11.7. The van der Waals surface area contributed by atoms with Gasteiger partial charge in [-0.3, -0.25) is 4.79 Å². The molecule has 0 fully saturated rings. The van der Waals surface area contributed by atoms with Crippen molar-refractivity contribution in [1.29, 1.82) is 0 Å². The average molecular weight is 320 g/mol. The second-order valence-corrected chi connectivity index (χ2v) is 5.14. The van der Waals surface area contributed by atoms with Gasteiger partial charge in [-0.05, 0) is 42.8 Å². The summed E-state index contributed by atoms with van der Waals surface area (Å²) in [7, 11) is 0. The van der Waals surface area contributed by atoms with Crippen LogP contribution >= 0.6 is 11.6 Å². The number of rotatable bonds is 7. The Bertz CT molecular complexity index is 614. The molecule has 0 unspecified atom stereocenters. The fraction of sp³-hybridized carbons (Fsp3) is 0.235. The molecule has 2 aromatic rings. The van der Waals surface area contributed by atoms with Crippen LogP contribution in [-0.2, 0) is 4.79 Å². The molecular weight excluding hydrogens is 302 g/mol. The molecule has 0 atom stereocenters. The number of ether oxygens (including phenoxy) is 2. The molecule has 0 spiro atoms. The molecule has 0 radical (unpaired) electrons. The first kappa shape index (κ1) is 16.2. The fourth-order valence-electron chi connectivity index (χ4n) is 1.80. The zero-order chi connectivity index (χ0) is 15.8. The summed E-state index contributed by atoms with van der Waals surface area (Å²) >= 11 is 5.78. The molecule has 2 rings (SSSR count). The molecule has 1 N–H and O–H groups in total. The number of hydrogen-bond acceptors (Lipinski definition) is 3. The third kappa shape index (κ3) is 5.30. The number of carbonyl (C=O) groups is 1. The molecule has 0 saturated heterocycles. The number of halogens is 1. The molecule has 0 bridgehead atoms. The summed E-state index contributed by atoms with van der Waals surface area (Å²) in [5.41, 5.74) is 1.00. The predicted octanol–water partition coefficient (Wildman–Crippen LogP) is 3.22. The number of nitrogens with one attached hydrogen (secondary N) is 1. The van der Waals surface area contributed by atoms with Crippen molar-refractivity contribution in [2.75, 3.05) is 19.8 Å². The Morgan fingerprint density at radius 3 is 2.55 bits per heavy atom. The van der Waals surface area contributed by atoms with Crippen LogP contribution in [0.4, 0.5) is 0 Å². The number of hydrogen-bond donors (Lipinski definition) is 1. The van der Waals surface area contributed by atoms with Gasteiger partial charge in [-0.25, -0.2) is 0 Å². The van der Waals surface area contributed by atoms with Crippen LogP contribution in [0.1, 0.15) is 5.56 Å². The highest BCUT2D eigenvalue weighted by atomic mass is 35.5. The van der Waals surface area contributed by atoms with Crippen molar-refractivity contribution in [2.45, 2.75) is 6.92 Å². The summed E-state index contributed by atoms with van der Waals surface area (Å²) in [6.45, 7) is 2.73. The van der Waals surface area contributed by atoms with Gasteiger partial charge in [-0.2, -0.15) is 0 Å². The maximum Gasteiger partial charge on any atom is 0.258 e. The molecule has 4 nitrogen and oxygen atoms in total. The van der Waals surface area contributed by atoms with Crippen molar-refractivity contribution < 1.29 is 14.3 Å². The van der Waals surface area contributed by atoms with E-state index < -0.39 is 0 Å². The van der Waals surface area contributed by atoms with Gasteiger partial charge in [0.2, 0.25) is 0 Å². The molecule has 2 aromatic carbocycles. The van der Waals surface area contributed by atoms with Crippen LogP contribution in [0.15, 0.2) is 48.5 Å². The lowest BCUT2D eigenvalue weighted by Crippen LogP contribution is -2.32. The highest BCUT2D eigenvalue weighted by Crippen LogP contribution is 2.16. The van der Waals surface area contributed by atoms with Crippen molar-refractivity contribution in [1.82, 2.24) is 5.32 Å². The summed E-state index contributed by atoms with van der Waals surface area (Å²) in [6.07, 6.45) is 0. The number of benzene rings is 2. The zero-order valence-corrected chi connectivity index (χ0v) is 13.1. The lowest BCUT2D eigenvalue weighted by molar-refractivity contribution is -0.123. The van der Waals surface area contributed by atoms with Crippen molar-refractivity contribution in [3.63, 3.8) is 0 Å². The largest absolute Gasteiger partial charge is 0.492 e. The van der Waals surface area contributed by atoms with Gasteiger partial charge in [0.05, 0.1) is 6.54 Å². The van der Waals surface area contributed by atoms with E-state index in [1.807, 2.05) is 31.2 Å². The van der Waals surface area contributed by atoms with E-state index in [1.165, 1.54) is 0 Å². The van der Waals surface area contributed by atoms with Gasteiger partial charge >= 0.3 is 0 Å². The van der Waals surface area contributed by atoms with Crippen LogP contribution in [0.5, 0.6) is 11.5 Å². The summed E-state index contributed by atoms with van der Waals surface area (Å²) in [6, 6.07) is 14.7. The van der Waals surface area contributed by atoms with Crippen LogP contribution in [0, 0.1) is 6.92 Å². The summed E-state index contributed by atoms with van der Waals surface area (Å²) in [5.74, 6) is 1.26. The Hall–Kier alpha value is -2.20. The number of aryl methyl sites for hydroxylation is 1.